The summed E-state index contributed by atoms with van der Waals surface area (Å²) in [6, 6.07) is 1.71. The first-order valence-electron chi connectivity index (χ1n) is 9.25. The summed E-state index contributed by atoms with van der Waals surface area (Å²) in [6.07, 6.45) is 5.33. The highest BCUT2D eigenvalue weighted by Gasteiger charge is 2.31. The number of halogens is 1. The van der Waals surface area contributed by atoms with Gasteiger partial charge >= 0.3 is 0 Å². The van der Waals surface area contributed by atoms with Crippen LogP contribution in [0.15, 0.2) is 23.6 Å². The molecule has 0 bridgehead atoms. The first-order chi connectivity index (χ1) is 13.3. The highest BCUT2D eigenvalue weighted by Crippen LogP contribution is 2.38. The average Bonchev–Trinajstić information content (AvgIpc) is 2.60. The number of hydrogen-bond acceptors (Lipinski definition) is 6. The number of fused-ring (bicyclic) bond motifs is 1. The molecule has 0 aliphatic carbocycles. The van der Waals surface area contributed by atoms with Crippen LogP contribution in [0.2, 0.25) is 5.15 Å². The number of ether oxygens (including phenoxy) is 1. The Morgan fingerprint density at radius 2 is 2.00 bits per heavy atom. The van der Waals surface area contributed by atoms with Crippen molar-refractivity contribution in [1.82, 2.24) is 9.97 Å². The van der Waals surface area contributed by atoms with Gasteiger partial charge in [-0.15, -0.1) is 0 Å². The minimum atomic E-state index is -2.75. The first-order valence-corrected chi connectivity index (χ1v) is 11.6. The molecule has 2 heterocycles. The molecule has 158 valence electrons. The lowest BCUT2D eigenvalue weighted by atomic mass is 9.88. The highest BCUT2D eigenvalue weighted by molar-refractivity contribution is 7.93. The lowest BCUT2D eigenvalue weighted by Crippen LogP contribution is -2.35. The normalized spacial score (nSPS) is 17.1. The van der Waals surface area contributed by atoms with E-state index in [9.17, 15) is 4.21 Å². The van der Waals surface area contributed by atoms with Crippen molar-refractivity contribution in [1.29, 1.82) is 4.78 Å². The predicted molar refractivity (Wildman–Crippen MR) is 117 cm³/mol. The molecule has 0 aliphatic heterocycles. The molecule has 8 nitrogen and oxygen atoms in total. The van der Waals surface area contributed by atoms with Crippen molar-refractivity contribution >= 4 is 32.1 Å². The summed E-state index contributed by atoms with van der Waals surface area (Å²) in [6.45, 7) is 9.22. The van der Waals surface area contributed by atoms with E-state index in [1.807, 2.05) is 20.8 Å². The third kappa shape index (κ3) is 4.91. The van der Waals surface area contributed by atoms with Crippen molar-refractivity contribution in [2.45, 2.75) is 63.9 Å². The molecule has 1 N–H and O–H groups in total. The molecule has 2 aromatic rings. The van der Waals surface area contributed by atoms with Crippen LogP contribution in [0, 0.1) is 4.78 Å². The van der Waals surface area contributed by atoms with Gasteiger partial charge in [0.1, 0.15) is 5.15 Å². The standard InChI is InChI=1S/C19H27ClN6O2S/c1-7-19(5,25-26-21)15-11-24-17(14-10-23-16(20)8-13(14)15)28-12(2)9-18(3,4)29(6,22)27/h8,10-12,22H,7,9H2,1-6H3/t12-,19+,29?/m0/s1. The summed E-state index contributed by atoms with van der Waals surface area (Å²) in [5.74, 6) is 0.364. The largest absolute Gasteiger partial charge is 0.474 e. The van der Waals surface area contributed by atoms with Crippen LogP contribution in [0.4, 0.5) is 0 Å². The van der Waals surface area contributed by atoms with Gasteiger partial charge in [0.15, 0.2) is 0 Å². The van der Waals surface area contributed by atoms with E-state index in [1.54, 1.807) is 32.3 Å². The van der Waals surface area contributed by atoms with E-state index in [-0.39, 0.29) is 6.10 Å². The second kappa shape index (κ2) is 8.34. The third-order valence-corrected chi connectivity index (χ3v) is 7.86. The Balaban J connectivity index is 2.53. The van der Waals surface area contributed by atoms with Crippen LogP contribution in [0.1, 0.15) is 53.0 Å². The maximum Gasteiger partial charge on any atom is 0.223 e. The molecule has 2 rings (SSSR count). The second-order valence-corrected chi connectivity index (χ2v) is 11.3. The van der Waals surface area contributed by atoms with Crippen LogP contribution < -0.4 is 4.74 Å². The minimum absolute atomic E-state index is 0.310. The molecule has 3 atom stereocenters. The van der Waals surface area contributed by atoms with Crippen LogP contribution in [-0.4, -0.2) is 31.3 Å². The summed E-state index contributed by atoms with van der Waals surface area (Å²) in [4.78, 5) is 11.6. The second-order valence-electron chi connectivity index (χ2n) is 8.08. The monoisotopic (exact) mass is 438 g/mol. The molecule has 0 aromatic carbocycles. The maximum absolute atomic E-state index is 12.2. The van der Waals surface area contributed by atoms with Gasteiger partial charge in [-0.2, -0.15) is 0 Å². The van der Waals surface area contributed by atoms with Gasteiger partial charge in [-0.05, 0) is 56.7 Å². The van der Waals surface area contributed by atoms with E-state index in [0.717, 1.165) is 10.9 Å². The number of nitrogens with zero attached hydrogens (tertiary/aromatic N) is 5. The predicted octanol–water partition coefficient (Wildman–Crippen LogP) is 5.83. The summed E-state index contributed by atoms with van der Waals surface area (Å²) in [7, 11) is -2.75. The summed E-state index contributed by atoms with van der Waals surface area (Å²) in [5, 5.41) is 5.68. The molecule has 0 fully saturated rings. The summed E-state index contributed by atoms with van der Waals surface area (Å²) < 4.78 is 25.5. The van der Waals surface area contributed by atoms with Crippen LogP contribution in [0.5, 0.6) is 5.88 Å². The number of rotatable bonds is 8. The number of azide groups is 1. The molecular weight excluding hydrogens is 412 g/mol. The van der Waals surface area contributed by atoms with Crippen molar-refractivity contribution in [2.24, 2.45) is 5.11 Å². The van der Waals surface area contributed by atoms with E-state index < -0.39 is 20.0 Å². The smallest absolute Gasteiger partial charge is 0.223 e. The maximum atomic E-state index is 12.2. The number of hydrogen-bond donors (Lipinski definition) is 1. The van der Waals surface area contributed by atoms with Gasteiger partial charge in [0.2, 0.25) is 5.88 Å². The van der Waals surface area contributed by atoms with Crippen molar-refractivity contribution in [2.75, 3.05) is 6.26 Å². The Hall–Kier alpha value is -2.09. The van der Waals surface area contributed by atoms with Crippen molar-refractivity contribution in [3.05, 3.63) is 39.6 Å². The summed E-state index contributed by atoms with van der Waals surface area (Å²) in [5.41, 5.74) is 8.94. The molecule has 0 saturated carbocycles. The lowest BCUT2D eigenvalue weighted by Gasteiger charge is -2.29. The molecule has 0 spiro atoms. The van der Waals surface area contributed by atoms with E-state index in [4.69, 9.17) is 26.6 Å². The Bertz CT molecular complexity index is 1070. The van der Waals surface area contributed by atoms with Gasteiger partial charge in [-0.1, -0.05) is 23.6 Å². The van der Waals surface area contributed by atoms with Crippen molar-refractivity contribution in [3.8, 4) is 5.88 Å². The third-order valence-electron chi connectivity index (χ3n) is 5.38. The lowest BCUT2D eigenvalue weighted by molar-refractivity contribution is 0.193. The molecule has 0 amide bonds. The Kier molecular flexibility index (Phi) is 6.67. The van der Waals surface area contributed by atoms with E-state index in [1.165, 1.54) is 6.26 Å². The molecule has 0 radical (unpaired) electrons. The van der Waals surface area contributed by atoms with E-state index in [0.29, 0.717) is 29.3 Å². The molecule has 0 aliphatic rings. The fourth-order valence-corrected chi connectivity index (χ4v) is 3.82. The van der Waals surface area contributed by atoms with Gasteiger partial charge < -0.3 is 4.74 Å². The Morgan fingerprint density at radius 3 is 2.55 bits per heavy atom. The van der Waals surface area contributed by atoms with Gasteiger partial charge in [-0.25, -0.2) is 14.2 Å². The molecule has 10 heteroatoms. The number of pyridine rings is 2. The Labute approximate surface area is 176 Å². The highest BCUT2D eigenvalue weighted by atomic mass is 35.5. The molecule has 0 saturated heterocycles. The zero-order valence-electron chi connectivity index (χ0n) is 17.6. The number of aromatic nitrogens is 2. The van der Waals surface area contributed by atoms with Crippen LogP contribution in [0.25, 0.3) is 21.2 Å². The zero-order valence-corrected chi connectivity index (χ0v) is 19.1. The van der Waals surface area contributed by atoms with E-state index in [2.05, 4.69) is 20.0 Å². The molecule has 2 aromatic heterocycles. The zero-order chi connectivity index (χ0) is 22.0. The summed E-state index contributed by atoms with van der Waals surface area (Å²) >= 11 is 6.13. The van der Waals surface area contributed by atoms with Gasteiger partial charge in [-0.3, -0.25) is 4.78 Å². The van der Waals surface area contributed by atoms with Gasteiger partial charge in [0.25, 0.3) is 0 Å². The van der Waals surface area contributed by atoms with Crippen molar-refractivity contribution in [3.63, 3.8) is 0 Å². The van der Waals surface area contributed by atoms with Crippen LogP contribution in [-0.2, 0) is 15.3 Å². The van der Waals surface area contributed by atoms with Crippen molar-refractivity contribution < 1.29 is 8.95 Å². The SMILES string of the molecule is CC[C@@](C)(N=[N+]=[N-])c1cnc(O[C@@H](C)CC(C)(C)S(C)(=N)=O)c2cnc(Cl)cc12. The van der Waals surface area contributed by atoms with Crippen LogP contribution >= 0.6 is 11.6 Å². The van der Waals surface area contributed by atoms with Gasteiger partial charge in [0.05, 0.1) is 21.8 Å². The molecular formula is C19H27ClN6O2S. The topological polar surface area (TPSA) is 125 Å². The van der Waals surface area contributed by atoms with Crippen LogP contribution in [0.3, 0.4) is 0 Å². The fraction of sp³-hybridized carbons (Fsp3) is 0.579. The molecule has 1 unspecified atom stereocenters. The Morgan fingerprint density at radius 1 is 1.34 bits per heavy atom. The van der Waals surface area contributed by atoms with Gasteiger partial charge in [0, 0.05) is 39.7 Å². The minimum Gasteiger partial charge on any atom is -0.474 e. The quantitative estimate of drug-likeness (QED) is 0.240. The number of nitrogens with one attached hydrogen (secondary N) is 1. The molecule has 29 heavy (non-hydrogen) atoms. The average molecular weight is 439 g/mol. The first kappa shape index (κ1) is 23.2. The van der Waals surface area contributed by atoms with E-state index >= 15 is 0 Å². The fourth-order valence-electron chi connectivity index (χ4n) is 3.11.